The van der Waals surface area contributed by atoms with Crippen molar-refractivity contribution in [3.63, 3.8) is 0 Å². The summed E-state index contributed by atoms with van der Waals surface area (Å²) in [6, 6.07) is 6.89. The Balaban J connectivity index is 1.92. The first-order chi connectivity index (χ1) is 16.1. The molecule has 8 nitrogen and oxygen atoms in total. The van der Waals surface area contributed by atoms with E-state index in [1.807, 2.05) is 34.5 Å². The lowest BCUT2D eigenvalue weighted by atomic mass is 9.73. The highest BCUT2D eigenvalue weighted by Gasteiger charge is 2.57. The van der Waals surface area contributed by atoms with Gasteiger partial charge >= 0.3 is 5.97 Å². The number of esters is 1. The molecule has 2 aromatic rings. The normalized spacial score (nSPS) is 21.4. The number of aliphatic hydroxyl groups is 1. The fraction of sp³-hybridized carbons (Fsp3) is 0.440. The van der Waals surface area contributed by atoms with Gasteiger partial charge in [0.05, 0.1) is 19.8 Å². The fourth-order valence-corrected chi connectivity index (χ4v) is 5.66. The van der Waals surface area contributed by atoms with Gasteiger partial charge in [0.25, 0.3) is 0 Å². The molecule has 0 fully saturated rings. The van der Waals surface area contributed by atoms with Crippen LogP contribution in [0, 0.1) is 0 Å². The van der Waals surface area contributed by atoms with E-state index < -0.39 is 28.9 Å². The third-order valence-corrected chi connectivity index (χ3v) is 7.07. The van der Waals surface area contributed by atoms with Crippen molar-refractivity contribution in [1.82, 2.24) is 4.90 Å². The zero-order chi connectivity index (χ0) is 24.7. The number of nitrogens with zero attached hydrogens (tertiary/aromatic N) is 1. The number of ether oxygens (including phenoxy) is 3. The van der Waals surface area contributed by atoms with Crippen LogP contribution in [0.1, 0.15) is 42.8 Å². The molecule has 2 aliphatic rings. The Kier molecular flexibility index (Phi) is 6.35. The minimum absolute atomic E-state index is 0.0941. The molecule has 0 saturated carbocycles. The lowest BCUT2D eigenvalue weighted by Crippen LogP contribution is -2.48. The Labute approximate surface area is 202 Å². The van der Waals surface area contributed by atoms with Gasteiger partial charge in [-0.2, -0.15) is 0 Å². The second-order valence-electron chi connectivity index (χ2n) is 9.36. The number of aliphatic hydroxyl groups excluding tert-OH is 1. The number of rotatable bonds is 7. The number of fused-ring (bicyclic) bond motifs is 3. The van der Waals surface area contributed by atoms with Gasteiger partial charge in [0.2, 0.25) is 5.91 Å². The van der Waals surface area contributed by atoms with Crippen LogP contribution in [-0.4, -0.2) is 54.4 Å². The maximum Gasteiger partial charge on any atom is 0.354 e. The Bertz CT molecular complexity index is 1120. The van der Waals surface area contributed by atoms with E-state index in [-0.39, 0.29) is 13.2 Å². The van der Waals surface area contributed by atoms with Crippen LogP contribution in [-0.2, 0) is 26.2 Å². The summed E-state index contributed by atoms with van der Waals surface area (Å²) >= 11 is 1.42. The van der Waals surface area contributed by atoms with Crippen molar-refractivity contribution in [2.75, 3.05) is 26.9 Å². The van der Waals surface area contributed by atoms with Crippen LogP contribution in [0.25, 0.3) is 0 Å². The summed E-state index contributed by atoms with van der Waals surface area (Å²) in [6.07, 6.45) is 2.30. The average Bonchev–Trinajstić information content (AvgIpc) is 3.42. The highest BCUT2D eigenvalue weighted by atomic mass is 32.1. The Hall–Kier alpha value is -3.04. The summed E-state index contributed by atoms with van der Waals surface area (Å²) < 4.78 is 16.9. The van der Waals surface area contributed by atoms with Crippen molar-refractivity contribution < 1.29 is 28.9 Å². The van der Waals surface area contributed by atoms with Gasteiger partial charge in [0.1, 0.15) is 23.3 Å². The number of benzene rings is 1. The van der Waals surface area contributed by atoms with Gasteiger partial charge in [-0.25, -0.2) is 4.79 Å². The third-order valence-electron chi connectivity index (χ3n) is 6.05. The van der Waals surface area contributed by atoms with E-state index >= 15 is 0 Å². The SMILES string of the molecule is COc1cc2c(cc1OCCO)C1N(CC2)C(C(=O)OC(C)(C)C)=CC1(C(N)=O)c1cccs1. The van der Waals surface area contributed by atoms with Crippen molar-refractivity contribution in [1.29, 1.82) is 0 Å². The largest absolute Gasteiger partial charge is 0.493 e. The first kappa shape index (κ1) is 24.1. The van der Waals surface area contributed by atoms with Crippen molar-refractivity contribution >= 4 is 23.2 Å². The monoisotopic (exact) mass is 486 g/mol. The highest BCUT2D eigenvalue weighted by molar-refractivity contribution is 7.10. The van der Waals surface area contributed by atoms with Crippen LogP contribution in [0.4, 0.5) is 0 Å². The van der Waals surface area contributed by atoms with E-state index in [4.69, 9.17) is 19.9 Å². The van der Waals surface area contributed by atoms with Gasteiger partial charge in [-0.15, -0.1) is 11.3 Å². The first-order valence-electron chi connectivity index (χ1n) is 11.1. The Morgan fingerprint density at radius 2 is 2.06 bits per heavy atom. The fourth-order valence-electron chi connectivity index (χ4n) is 4.74. The molecule has 2 aliphatic heterocycles. The molecule has 9 heteroatoms. The molecule has 3 N–H and O–H groups in total. The maximum absolute atomic E-state index is 13.3. The van der Waals surface area contributed by atoms with Crippen LogP contribution >= 0.6 is 11.3 Å². The number of hydrogen-bond acceptors (Lipinski definition) is 8. The van der Waals surface area contributed by atoms with Crippen LogP contribution < -0.4 is 15.2 Å². The molecule has 0 saturated heterocycles. The second kappa shape index (κ2) is 8.96. The Morgan fingerprint density at radius 3 is 2.65 bits per heavy atom. The minimum Gasteiger partial charge on any atom is -0.493 e. The zero-order valence-corrected chi connectivity index (χ0v) is 20.6. The molecule has 3 heterocycles. The van der Waals surface area contributed by atoms with E-state index in [0.717, 1.165) is 16.0 Å². The molecular weight excluding hydrogens is 456 g/mol. The molecule has 0 radical (unpaired) electrons. The summed E-state index contributed by atoms with van der Waals surface area (Å²) in [7, 11) is 1.56. The van der Waals surface area contributed by atoms with Crippen molar-refractivity contribution in [2.24, 2.45) is 5.73 Å². The molecule has 0 bridgehead atoms. The topological polar surface area (TPSA) is 111 Å². The summed E-state index contributed by atoms with van der Waals surface area (Å²) in [6.45, 7) is 5.86. The smallest absolute Gasteiger partial charge is 0.354 e. The standard InChI is InChI=1S/C25H30N2O6S/c1-24(2,3)33-22(29)17-14-25(23(26)30,20-6-5-11-34-20)21-16-13-19(32-10-9-28)18(31-4)12-15(16)7-8-27(17)21/h5-6,11-14,21,28H,7-10H2,1-4H3,(H2,26,30). The number of methoxy groups -OCH3 is 1. The summed E-state index contributed by atoms with van der Waals surface area (Å²) in [5, 5.41) is 11.1. The highest BCUT2D eigenvalue weighted by Crippen LogP contribution is 2.54. The molecule has 4 rings (SSSR count). The molecule has 0 aliphatic carbocycles. The van der Waals surface area contributed by atoms with Gasteiger partial charge in [-0.3, -0.25) is 4.79 Å². The molecule has 2 unspecified atom stereocenters. The molecule has 34 heavy (non-hydrogen) atoms. The van der Waals surface area contributed by atoms with Crippen molar-refractivity contribution in [3.8, 4) is 11.5 Å². The van der Waals surface area contributed by atoms with Crippen molar-refractivity contribution in [3.05, 3.63) is 57.4 Å². The molecule has 1 aromatic heterocycles. The van der Waals surface area contributed by atoms with E-state index in [9.17, 15) is 14.7 Å². The van der Waals surface area contributed by atoms with E-state index in [1.165, 1.54) is 11.3 Å². The Morgan fingerprint density at radius 1 is 1.29 bits per heavy atom. The number of carbonyl (C=O) groups excluding carboxylic acids is 2. The predicted octanol–water partition coefficient (Wildman–Crippen LogP) is 2.69. The van der Waals surface area contributed by atoms with E-state index in [1.54, 1.807) is 34.0 Å². The molecule has 2 atom stereocenters. The van der Waals surface area contributed by atoms with Crippen LogP contribution in [0.15, 0.2) is 41.4 Å². The maximum atomic E-state index is 13.3. The minimum atomic E-state index is -1.27. The molecular formula is C25H30N2O6S. The predicted molar refractivity (Wildman–Crippen MR) is 128 cm³/mol. The van der Waals surface area contributed by atoms with Crippen LogP contribution in [0.5, 0.6) is 11.5 Å². The van der Waals surface area contributed by atoms with E-state index in [0.29, 0.717) is 30.2 Å². The number of thiophene rings is 1. The lowest BCUT2D eigenvalue weighted by Gasteiger charge is -2.42. The number of hydrogen-bond donors (Lipinski definition) is 2. The lowest BCUT2D eigenvalue weighted by molar-refractivity contribution is -0.152. The zero-order valence-electron chi connectivity index (χ0n) is 19.8. The summed E-state index contributed by atoms with van der Waals surface area (Å²) in [5.74, 6) is -0.0527. The number of nitrogens with two attached hydrogens (primary N) is 1. The second-order valence-corrected chi connectivity index (χ2v) is 10.3. The molecule has 182 valence electrons. The number of carbonyl (C=O) groups is 2. The average molecular weight is 487 g/mol. The number of primary amides is 1. The molecule has 1 amide bonds. The van der Waals surface area contributed by atoms with E-state index in [2.05, 4.69) is 0 Å². The molecule has 1 aromatic carbocycles. The van der Waals surface area contributed by atoms with Gasteiger partial charge in [0.15, 0.2) is 11.5 Å². The van der Waals surface area contributed by atoms with Gasteiger partial charge in [0, 0.05) is 11.4 Å². The summed E-state index contributed by atoms with van der Waals surface area (Å²) in [4.78, 5) is 29.2. The van der Waals surface area contributed by atoms with Gasteiger partial charge in [-0.05, 0) is 68.0 Å². The number of amides is 1. The summed E-state index contributed by atoms with van der Waals surface area (Å²) in [5.41, 5.74) is 6.28. The van der Waals surface area contributed by atoms with Crippen molar-refractivity contribution in [2.45, 2.75) is 44.2 Å². The first-order valence-corrected chi connectivity index (χ1v) is 12.0. The van der Waals surface area contributed by atoms with Crippen LogP contribution in [0.3, 0.4) is 0 Å². The van der Waals surface area contributed by atoms with Gasteiger partial charge < -0.3 is 30.0 Å². The quantitative estimate of drug-likeness (QED) is 0.579. The third kappa shape index (κ3) is 4.03. The molecule has 0 spiro atoms. The van der Waals surface area contributed by atoms with Gasteiger partial charge in [-0.1, -0.05) is 6.07 Å². The van der Waals surface area contributed by atoms with Crippen LogP contribution in [0.2, 0.25) is 0 Å².